The molecule has 0 bridgehead atoms. The first-order valence-corrected chi connectivity index (χ1v) is 7.51. The maximum absolute atomic E-state index is 11.4. The van der Waals surface area contributed by atoms with Crippen LogP contribution in [0.5, 0.6) is 0 Å². The smallest absolute Gasteiger partial charge is 0.315 e. The summed E-state index contributed by atoms with van der Waals surface area (Å²) in [5, 5.41) is 0.196. The molecule has 0 aromatic carbocycles. The molecule has 2 unspecified atom stereocenters. The Morgan fingerprint density at radius 2 is 2.22 bits per heavy atom. The Bertz CT molecular complexity index is 294. The zero-order chi connectivity index (χ0) is 13.0. The number of hydrogen-bond donors (Lipinski definition) is 1. The van der Waals surface area contributed by atoms with Crippen LogP contribution >= 0.6 is 11.8 Å². The summed E-state index contributed by atoms with van der Waals surface area (Å²) in [5.41, 5.74) is 6.11. The summed E-state index contributed by atoms with van der Waals surface area (Å²) >= 11 is 1.55. The molecule has 104 valence electrons. The molecule has 2 atom stereocenters. The molecule has 2 rings (SSSR count). The number of thioether (sulfide) groups is 1. The van der Waals surface area contributed by atoms with Crippen molar-refractivity contribution < 1.29 is 19.0 Å². The monoisotopic (exact) mass is 275 g/mol. The number of ether oxygens (including phenoxy) is 3. The minimum atomic E-state index is -0.442. The maximum Gasteiger partial charge on any atom is 0.315 e. The highest BCUT2D eigenvalue weighted by Crippen LogP contribution is 2.39. The molecule has 0 radical (unpaired) electrons. The average molecular weight is 275 g/mol. The zero-order valence-corrected chi connectivity index (χ0v) is 11.5. The molecule has 1 aliphatic carbocycles. The van der Waals surface area contributed by atoms with Crippen molar-refractivity contribution in [1.82, 2.24) is 0 Å². The van der Waals surface area contributed by atoms with Gasteiger partial charge in [-0.05, 0) is 13.3 Å². The van der Waals surface area contributed by atoms with Crippen LogP contribution in [0.1, 0.15) is 26.2 Å². The Balaban J connectivity index is 1.84. The predicted octanol–water partition coefficient (Wildman–Crippen LogP) is 0.906. The van der Waals surface area contributed by atoms with E-state index in [0.29, 0.717) is 25.6 Å². The fourth-order valence-corrected chi connectivity index (χ4v) is 3.64. The summed E-state index contributed by atoms with van der Waals surface area (Å²) in [7, 11) is 0. The molecule has 2 fully saturated rings. The van der Waals surface area contributed by atoms with Gasteiger partial charge >= 0.3 is 5.97 Å². The largest absolute Gasteiger partial charge is 0.465 e. The third-order valence-corrected chi connectivity index (χ3v) is 4.73. The number of carbonyl (C=O) groups is 1. The molecule has 18 heavy (non-hydrogen) atoms. The van der Waals surface area contributed by atoms with Gasteiger partial charge in [-0.25, -0.2) is 0 Å². The van der Waals surface area contributed by atoms with E-state index < -0.39 is 5.79 Å². The Morgan fingerprint density at radius 1 is 1.50 bits per heavy atom. The van der Waals surface area contributed by atoms with Crippen LogP contribution in [0.4, 0.5) is 0 Å². The van der Waals surface area contributed by atoms with Crippen molar-refractivity contribution in [3.8, 4) is 0 Å². The number of esters is 1. The molecule has 1 spiro atoms. The molecule has 5 nitrogen and oxygen atoms in total. The second-order valence-electron chi connectivity index (χ2n) is 4.67. The topological polar surface area (TPSA) is 70.8 Å². The summed E-state index contributed by atoms with van der Waals surface area (Å²) in [6.45, 7) is 3.55. The first-order chi connectivity index (χ1) is 8.65. The van der Waals surface area contributed by atoms with Gasteiger partial charge in [-0.15, -0.1) is 11.8 Å². The van der Waals surface area contributed by atoms with Crippen molar-refractivity contribution in [2.75, 3.05) is 25.6 Å². The van der Waals surface area contributed by atoms with Gasteiger partial charge in [0.15, 0.2) is 5.79 Å². The van der Waals surface area contributed by atoms with Crippen molar-refractivity contribution in [2.24, 2.45) is 5.73 Å². The van der Waals surface area contributed by atoms with Crippen molar-refractivity contribution >= 4 is 17.7 Å². The highest BCUT2D eigenvalue weighted by atomic mass is 32.2. The van der Waals surface area contributed by atoms with Crippen molar-refractivity contribution in [1.29, 1.82) is 0 Å². The fourth-order valence-electron chi connectivity index (χ4n) is 2.45. The van der Waals surface area contributed by atoms with Crippen LogP contribution in [-0.2, 0) is 19.0 Å². The molecule has 1 heterocycles. The van der Waals surface area contributed by atoms with Crippen LogP contribution in [0.25, 0.3) is 0 Å². The lowest BCUT2D eigenvalue weighted by molar-refractivity contribution is -0.177. The highest BCUT2D eigenvalue weighted by molar-refractivity contribution is 8.00. The van der Waals surface area contributed by atoms with E-state index in [-0.39, 0.29) is 17.3 Å². The van der Waals surface area contributed by atoms with Crippen molar-refractivity contribution in [3.05, 3.63) is 0 Å². The molecule has 0 aromatic heterocycles. The van der Waals surface area contributed by atoms with Crippen LogP contribution in [0, 0.1) is 0 Å². The second kappa shape index (κ2) is 6.23. The van der Waals surface area contributed by atoms with Gasteiger partial charge in [-0.1, -0.05) is 0 Å². The molecule has 1 aliphatic heterocycles. The molecule has 1 saturated heterocycles. The second-order valence-corrected chi connectivity index (χ2v) is 5.90. The average Bonchev–Trinajstić information content (AvgIpc) is 2.80. The normalized spacial score (nSPS) is 30.6. The van der Waals surface area contributed by atoms with Crippen LogP contribution in [0.3, 0.4) is 0 Å². The van der Waals surface area contributed by atoms with Crippen molar-refractivity contribution in [2.45, 2.75) is 43.3 Å². The predicted molar refractivity (Wildman–Crippen MR) is 69.3 cm³/mol. The third-order valence-electron chi connectivity index (χ3n) is 3.38. The number of nitrogens with two attached hydrogens (primary N) is 1. The lowest BCUT2D eigenvalue weighted by Crippen LogP contribution is -2.47. The van der Waals surface area contributed by atoms with E-state index in [2.05, 4.69) is 0 Å². The van der Waals surface area contributed by atoms with E-state index >= 15 is 0 Å². The van der Waals surface area contributed by atoms with Crippen LogP contribution in [0.15, 0.2) is 0 Å². The first-order valence-electron chi connectivity index (χ1n) is 6.46. The van der Waals surface area contributed by atoms with E-state index in [1.807, 2.05) is 6.92 Å². The Morgan fingerprint density at radius 3 is 2.89 bits per heavy atom. The fraction of sp³-hybridized carbons (Fsp3) is 0.917. The lowest BCUT2D eigenvalue weighted by Gasteiger charge is -2.39. The van der Waals surface area contributed by atoms with E-state index in [1.165, 1.54) is 0 Å². The zero-order valence-electron chi connectivity index (χ0n) is 10.7. The molecule has 2 N–H and O–H groups in total. The number of hydrogen-bond acceptors (Lipinski definition) is 6. The quantitative estimate of drug-likeness (QED) is 0.769. The van der Waals surface area contributed by atoms with E-state index in [4.69, 9.17) is 19.9 Å². The molecule has 0 aromatic rings. The Labute approximate surface area is 112 Å². The highest BCUT2D eigenvalue weighted by Gasteiger charge is 2.44. The van der Waals surface area contributed by atoms with Gasteiger partial charge in [0.25, 0.3) is 0 Å². The van der Waals surface area contributed by atoms with E-state index in [1.54, 1.807) is 11.8 Å². The standard InChI is InChI=1S/C12H21NO4S/c1-2-15-11(14)8-18-10-7-12(4-3-9(10)13)16-5-6-17-12/h9-10H,2-8,13H2,1H3. The van der Waals surface area contributed by atoms with E-state index in [0.717, 1.165) is 19.3 Å². The minimum absolute atomic E-state index is 0.0999. The molecule has 1 saturated carbocycles. The number of carbonyl (C=O) groups excluding carboxylic acids is 1. The van der Waals surface area contributed by atoms with Gasteiger partial charge in [0.1, 0.15) is 0 Å². The van der Waals surface area contributed by atoms with Gasteiger partial charge in [-0.2, -0.15) is 0 Å². The SMILES string of the molecule is CCOC(=O)CSC1CC2(CCC1N)OCCO2. The van der Waals surface area contributed by atoms with Gasteiger partial charge in [-0.3, -0.25) is 4.79 Å². The number of rotatable bonds is 4. The molecule has 2 aliphatic rings. The Hall–Kier alpha value is -0.300. The summed E-state index contributed by atoms with van der Waals surface area (Å²) in [6, 6.07) is 0.0999. The van der Waals surface area contributed by atoms with Gasteiger partial charge < -0.3 is 19.9 Å². The van der Waals surface area contributed by atoms with Crippen LogP contribution in [-0.4, -0.2) is 48.6 Å². The van der Waals surface area contributed by atoms with Crippen LogP contribution < -0.4 is 5.73 Å². The summed E-state index contributed by atoms with van der Waals surface area (Å²) < 4.78 is 16.3. The summed E-state index contributed by atoms with van der Waals surface area (Å²) in [6.07, 6.45) is 2.49. The van der Waals surface area contributed by atoms with E-state index in [9.17, 15) is 4.79 Å². The molecule has 6 heteroatoms. The van der Waals surface area contributed by atoms with Gasteiger partial charge in [0.05, 0.1) is 25.6 Å². The van der Waals surface area contributed by atoms with Gasteiger partial charge in [0, 0.05) is 24.1 Å². The summed E-state index contributed by atoms with van der Waals surface area (Å²) in [5.74, 6) is -0.271. The molecule has 0 amide bonds. The Kier molecular flexibility index (Phi) is 4.89. The minimum Gasteiger partial charge on any atom is -0.465 e. The summed E-state index contributed by atoms with van der Waals surface area (Å²) in [4.78, 5) is 11.4. The van der Waals surface area contributed by atoms with Gasteiger partial charge in [0.2, 0.25) is 0 Å². The molecular formula is C12H21NO4S. The van der Waals surface area contributed by atoms with Crippen molar-refractivity contribution in [3.63, 3.8) is 0 Å². The van der Waals surface area contributed by atoms with Crippen LogP contribution in [0.2, 0.25) is 0 Å². The molecular weight excluding hydrogens is 254 g/mol. The third kappa shape index (κ3) is 3.38. The lowest BCUT2D eigenvalue weighted by atomic mass is 9.90. The maximum atomic E-state index is 11.4. The first kappa shape index (κ1) is 14.1.